The molecule has 0 unspecified atom stereocenters. The maximum absolute atomic E-state index is 11.5. The molecule has 0 fully saturated rings. The van der Waals surface area contributed by atoms with Gasteiger partial charge >= 0.3 is 5.97 Å². The summed E-state index contributed by atoms with van der Waals surface area (Å²) in [7, 11) is -3.57. The summed E-state index contributed by atoms with van der Waals surface area (Å²) in [6.45, 7) is 5.45. The number of carbonyl (C=O) groups excluding carboxylic acids is 1. The summed E-state index contributed by atoms with van der Waals surface area (Å²) in [5.74, 6) is -0.578. The summed E-state index contributed by atoms with van der Waals surface area (Å²) >= 11 is 0. The van der Waals surface area contributed by atoms with Crippen molar-refractivity contribution in [3.8, 4) is 6.19 Å². The number of nitriles is 1. The van der Waals surface area contributed by atoms with Gasteiger partial charge < -0.3 is 4.74 Å². The van der Waals surface area contributed by atoms with E-state index in [0.717, 1.165) is 0 Å². The van der Waals surface area contributed by atoms with Crippen molar-refractivity contribution in [1.29, 1.82) is 5.26 Å². The van der Waals surface area contributed by atoms with Gasteiger partial charge in [-0.25, -0.2) is 13.1 Å². The number of rotatable bonds is 7. The third-order valence-corrected chi connectivity index (χ3v) is 3.66. The Hall–Kier alpha value is -1.29. The number of esters is 1. The van der Waals surface area contributed by atoms with Crippen molar-refractivity contribution in [2.45, 2.75) is 33.6 Å². The van der Waals surface area contributed by atoms with Crippen LogP contribution in [0.2, 0.25) is 0 Å². The first-order chi connectivity index (χ1) is 7.75. The molecule has 6 nitrogen and oxygen atoms in total. The molecule has 0 aliphatic carbocycles. The lowest BCUT2D eigenvalue weighted by atomic mass is 9.91. The van der Waals surface area contributed by atoms with E-state index in [0.29, 0.717) is 6.42 Å². The van der Waals surface area contributed by atoms with Crippen molar-refractivity contribution in [2.24, 2.45) is 5.41 Å². The number of ether oxygens (including phenoxy) is 1. The van der Waals surface area contributed by atoms with Crippen LogP contribution in [0.25, 0.3) is 0 Å². The van der Waals surface area contributed by atoms with Crippen LogP contribution in [0.15, 0.2) is 0 Å². The number of nitrogens with zero attached hydrogens (tertiary/aromatic N) is 1. The Labute approximate surface area is 102 Å². The Morgan fingerprint density at radius 2 is 2.06 bits per heavy atom. The minimum absolute atomic E-state index is 0.0363. The molecule has 0 aliphatic rings. The van der Waals surface area contributed by atoms with E-state index in [1.807, 2.05) is 6.92 Å². The summed E-state index contributed by atoms with van der Waals surface area (Å²) in [6, 6.07) is 0. The van der Waals surface area contributed by atoms with E-state index in [1.54, 1.807) is 18.6 Å². The lowest BCUT2D eigenvalue weighted by Crippen LogP contribution is -2.27. The van der Waals surface area contributed by atoms with Crippen LogP contribution in [0.5, 0.6) is 0 Å². The summed E-state index contributed by atoms with van der Waals surface area (Å²) < 4.78 is 28.8. The molecule has 0 amide bonds. The largest absolute Gasteiger partial charge is 0.465 e. The van der Waals surface area contributed by atoms with E-state index in [4.69, 9.17) is 10.00 Å². The van der Waals surface area contributed by atoms with E-state index in [9.17, 15) is 13.2 Å². The van der Waals surface area contributed by atoms with E-state index in [2.05, 4.69) is 0 Å². The molecule has 0 saturated heterocycles. The summed E-state index contributed by atoms with van der Waals surface area (Å²) in [5, 5.41) is 8.16. The Morgan fingerprint density at radius 3 is 2.53 bits per heavy atom. The monoisotopic (exact) mass is 262 g/mol. The molecule has 0 radical (unpaired) electrons. The Kier molecular flexibility index (Phi) is 5.96. The average Bonchev–Trinajstić information content (AvgIpc) is 2.24. The smallest absolute Gasteiger partial charge is 0.311 e. The highest BCUT2D eigenvalue weighted by Gasteiger charge is 2.26. The maximum Gasteiger partial charge on any atom is 0.311 e. The highest BCUT2D eigenvalue weighted by atomic mass is 32.2. The maximum atomic E-state index is 11.5. The Morgan fingerprint density at radius 1 is 1.47 bits per heavy atom. The molecule has 98 valence electrons. The van der Waals surface area contributed by atoms with Gasteiger partial charge in [0.2, 0.25) is 10.0 Å². The van der Waals surface area contributed by atoms with Crippen molar-refractivity contribution in [3.63, 3.8) is 0 Å². The molecule has 0 saturated carbocycles. The third-order valence-electron chi connectivity index (χ3n) is 2.43. The summed E-state index contributed by atoms with van der Waals surface area (Å²) in [4.78, 5) is 11.5. The molecule has 0 bridgehead atoms. The SMILES string of the molecule is CCC(C)(C)C(=O)OCCCS(=O)(=O)NC#N. The van der Waals surface area contributed by atoms with Crippen LogP contribution in [0.4, 0.5) is 0 Å². The van der Waals surface area contributed by atoms with Gasteiger partial charge in [-0.1, -0.05) is 6.92 Å². The second-order valence-electron chi connectivity index (χ2n) is 4.26. The quantitative estimate of drug-likeness (QED) is 0.316. The third kappa shape index (κ3) is 6.12. The van der Waals surface area contributed by atoms with Crippen LogP contribution >= 0.6 is 0 Å². The highest BCUT2D eigenvalue weighted by Crippen LogP contribution is 2.21. The minimum Gasteiger partial charge on any atom is -0.465 e. The molecule has 1 N–H and O–H groups in total. The van der Waals surface area contributed by atoms with Crippen LogP contribution in [-0.4, -0.2) is 26.7 Å². The predicted molar refractivity (Wildman–Crippen MR) is 62.2 cm³/mol. The molecule has 0 heterocycles. The standard InChI is InChI=1S/C10H18N2O4S/c1-4-10(2,3)9(13)16-6-5-7-17(14,15)12-8-11/h12H,4-7H2,1-3H3. The number of carbonyl (C=O) groups is 1. The van der Waals surface area contributed by atoms with Gasteiger partial charge in [-0.05, 0) is 26.7 Å². The molecule has 0 aromatic carbocycles. The molecule has 0 rings (SSSR count). The molecule has 0 spiro atoms. The number of sulfonamides is 1. The van der Waals surface area contributed by atoms with Crippen molar-refractivity contribution < 1.29 is 17.9 Å². The normalized spacial score (nSPS) is 11.6. The first-order valence-electron chi connectivity index (χ1n) is 5.31. The molecule has 0 aliphatic heterocycles. The van der Waals surface area contributed by atoms with Gasteiger partial charge in [0.1, 0.15) is 0 Å². The van der Waals surface area contributed by atoms with Gasteiger partial charge in [-0.15, -0.1) is 0 Å². The second kappa shape index (κ2) is 6.45. The van der Waals surface area contributed by atoms with Gasteiger partial charge in [-0.3, -0.25) is 4.79 Å². The molecule has 0 aromatic heterocycles. The fraction of sp³-hybridized carbons (Fsp3) is 0.800. The average molecular weight is 262 g/mol. The lowest BCUT2D eigenvalue weighted by molar-refractivity contribution is -0.154. The summed E-state index contributed by atoms with van der Waals surface area (Å²) in [5.41, 5.74) is -0.552. The Balaban J connectivity index is 3.96. The molecular weight excluding hydrogens is 244 g/mol. The zero-order chi connectivity index (χ0) is 13.5. The number of hydrogen-bond acceptors (Lipinski definition) is 5. The van der Waals surface area contributed by atoms with Gasteiger partial charge in [0.05, 0.1) is 17.8 Å². The van der Waals surface area contributed by atoms with Gasteiger partial charge in [0.15, 0.2) is 6.19 Å². The summed E-state index contributed by atoms with van der Waals surface area (Å²) in [6.07, 6.45) is 2.17. The van der Waals surface area contributed by atoms with Gasteiger partial charge in [0.25, 0.3) is 0 Å². The van der Waals surface area contributed by atoms with Crippen LogP contribution in [0.1, 0.15) is 33.6 Å². The van der Waals surface area contributed by atoms with E-state index in [1.165, 1.54) is 6.19 Å². The van der Waals surface area contributed by atoms with Crippen molar-refractivity contribution in [3.05, 3.63) is 0 Å². The first kappa shape index (κ1) is 15.7. The lowest BCUT2D eigenvalue weighted by Gasteiger charge is -2.20. The van der Waals surface area contributed by atoms with Crippen LogP contribution in [0.3, 0.4) is 0 Å². The van der Waals surface area contributed by atoms with Gasteiger partial charge in [0, 0.05) is 0 Å². The fourth-order valence-electron chi connectivity index (χ4n) is 0.874. The molecule has 0 aromatic rings. The van der Waals surface area contributed by atoms with Crippen LogP contribution in [0, 0.1) is 16.9 Å². The van der Waals surface area contributed by atoms with E-state index >= 15 is 0 Å². The van der Waals surface area contributed by atoms with Crippen LogP contribution < -0.4 is 4.72 Å². The van der Waals surface area contributed by atoms with E-state index in [-0.39, 0.29) is 24.7 Å². The topological polar surface area (TPSA) is 96.3 Å². The first-order valence-corrected chi connectivity index (χ1v) is 6.96. The fourth-order valence-corrected chi connectivity index (χ4v) is 1.61. The molecular formula is C10H18N2O4S. The highest BCUT2D eigenvalue weighted by molar-refractivity contribution is 7.89. The number of nitrogens with one attached hydrogen (secondary N) is 1. The van der Waals surface area contributed by atoms with Crippen LogP contribution in [-0.2, 0) is 19.6 Å². The van der Waals surface area contributed by atoms with Crippen molar-refractivity contribution in [2.75, 3.05) is 12.4 Å². The zero-order valence-corrected chi connectivity index (χ0v) is 11.1. The van der Waals surface area contributed by atoms with Crippen molar-refractivity contribution in [1.82, 2.24) is 4.72 Å². The van der Waals surface area contributed by atoms with E-state index < -0.39 is 15.4 Å². The Bertz CT molecular complexity index is 395. The number of hydrogen-bond donors (Lipinski definition) is 1. The molecule has 17 heavy (non-hydrogen) atoms. The molecule has 0 atom stereocenters. The molecule has 7 heteroatoms. The van der Waals surface area contributed by atoms with Gasteiger partial charge in [-0.2, -0.15) is 5.26 Å². The minimum atomic E-state index is -3.57. The van der Waals surface area contributed by atoms with Crippen molar-refractivity contribution >= 4 is 16.0 Å². The second-order valence-corrected chi connectivity index (χ2v) is 6.10. The zero-order valence-electron chi connectivity index (χ0n) is 10.3. The predicted octanol–water partition coefficient (Wildman–Crippen LogP) is 0.756.